The van der Waals surface area contributed by atoms with Crippen LogP contribution >= 0.6 is 0 Å². The second-order valence-electron chi connectivity index (χ2n) is 4.73. The minimum atomic E-state index is -1.04. The number of nitrogens with zero attached hydrogens (tertiary/aromatic N) is 2. The molecule has 7 heteroatoms. The predicted molar refractivity (Wildman–Crippen MR) is 71.8 cm³/mol. The summed E-state index contributed by atoms with van der Waals surface area (Å²) in [7, 11) is 0. The van der Waals surface area contributed by atoms with Gasteiger partial charge in [0, 0.05) is 25.2 Å². The summed E-state index contributed by atoms with van der Waals surface area (Å²) in [6, 6.07) is 5.32. The Morgan fingerprint density at radius 3 is 3.10 bits per heavy atom. The number of pyridine rings is 1. The highest BCUT2D eigenvalue weighted by molar-refractivity contribution is 5.93. The second-order valence-corrected chi connectivity index (χ2v) is 4.73. The normalized spacial score (nSPS) is 18.2. The van der Waals surface area contributed by atoms with Crippen LogP contribution in [0.4, 0.5) is 5.82 Å². The van der Waals surface area contributed by atoms with Crippen LogP contribution < -0.4 is 10.6 Å². The Labute approximate surface area is 114 Å². The van der Waals surface area contributed by atoms with Crippen molar-refractivity contribution in [1.29, 1.82) is 0 Å². The fourth-order valence-electron chi connectivity index (χ4n) is 2.37. The number of rotatable bonds is 4. The van der Waals surface area contributed by atoms with E-state index < -0.39 is 5.97 Å². The Morgan fingerprint density at radius 1 is 1.55 bits per heavy atom. The molecule has 1 fully saturated rings. The molecule has 3 rings (SSSR count). The third kappa shape index (κ3) is 2.18. The number of anilines is 1. The third-order valence-electron chi connectivity index (χ3n) is 3.33. The first-order valence-electron chi connectivity index (χ1n) is 6.39. The number of hydrogen-bond donors (Lipinski definition) is 3. The van der Waals surface area contributed by atoms with Crippen molar-refractivity contribution in [3.63, 3.8) is 0 Å². The van der Waals surface area contributed by atoms with Crippen molar-refractivity contribution >= 4 is 23.3 Å². The number of aromatic carboxylic acids is 1. The molecule has 0 bridgehead atoms. The van der Waals surface area contributed by atoms with E-state index in [0.29, 0.717) is 24.4 Å². The molecule has 3 N–H and O–H groups in total. The van der Waals surface area contributed by atoms with Gasteiger partial charge in [0.2, 0.25) is 5.91 Å². The molecule has 3 heterocycles. The summed E-state index contributed by atoms with van der Waals surface area (Å²) in [6.45, 7) is 0.468. The van der Waals surface area contributed by atoms with Gasteiger partial charge >= 0.3 is 5.97 Å². The summed E-state index contributed by atoms with van der Waals surface area (Å²) in [6.07, 6.45) is 2.93. The van der Waals surface area contributed by atoms with E-state index in [-0.39, 0.29) is 17.6 Å². The monoisotopic (exact) mass is 274 g/mol. The maximum Gasteiger partial charge on any atom is 0.356 e. The van der Waals surface area contributed by atoms with E-state index in [0.717, 1.165) is 6.42 Å². The van der Waals surface area contributed by atoms with Crippen molar-refractivity contribution in [2.45, 2.75) is 18.9 Å². The molecule has 1 amide bonds. The largest absolute Gasteiger partial charge is 0.476 e. The van der Waals surface area contributed by atoms with E-state index >= 15 is 0 Å². The second kappa shape index (κ2) is 4.84. The van der Waals surface area contributed by atoms with Crippen molar-refractivity contribution in [2.24, 2.45) is 0 Å². The standard InChI is InChI=1S/C13H14N4O3/c18-10-5-4-8(15-10)7-14-12-11(13(19)20)17-6-2-1-3-9(17)16-12/h1-3,6,8,14H,4-5,7H2,(H,15,18)(H,19,20). The zero-order valence-electron chi connectivity index (χ0n) is 10.7. The number of carboxylic acid groups (broad SMARTS) is 1. The number of imidazole rings is 1. The molecule has 1 saturated heterocycles. The summed E-state index contributed by atoms with van der Waals surface area (Å²) in [5.74, 6) is -0.684. The summed E-state index contributed by atoms with van der Waals surface area (Å²) < 4.78 is 1.53. The van der Waals surface area contributed by atoms with E-state index in [1.807, 2.05) is 0 Å². The molecule has 1 aliphatic heterocycles. The van der Waals surface area contributed by atoms with Gasteiger partial charge in [-0.2, -0.15) is 0 Å². The Kier molecular flexibility index (Phi) is 3.02. The summed E-state index contributed by atoms with van der Waals surface area (Å²) >= 11 is 0. The van der Waals surface area contributed by atoms with E-state index in [1.54, 1.807) is 24.4 Å². The lowest BCUT2D eigenvalue weighted by molar-refractivity contribution is -0.119. The van der Waals surface area contributed by atoms with E-state index in [9.17, 15) is 14.7 Å². The topological polar surface area (TPSA) is 95.7 Å². The lowest BCUT2D eigenvalue weighted by Gasteiger charge is -2.11. The van der Waals surface area contributed by atoms with Crippen LogP contribution in [0.2, 0.25) is 0 Å². The first-order valence-corrected chi connectivity index (χ1v) is 6.39. The molecular weight excluding hydrogens is 260 g/mol. The lowest BCUT2D eigenvalue weighted by atomic mass is 10.2. The molecule has 0 radical (unpaired) electrons. The minimum Gasteiger partial charge on any atom is -0.476 e. The third-order valence-corrected chi connectivity index (χ3v) is 3.33. The van der Waals surface area contributed by atoms with E-state index in [2.05, 4.69) is 15.6 Å². The maximum absolute atomic E-state index is 11.4. The summed E-state index contributed by atoms with van der Waals surface area (Å²) in [5, 5.41) is 15.2. The SMILES string of the molecule is O=C1CCC(CNc2nc3ccccn3c2C(=O)O)N1. The summed E-state index contributed by atoms with van der Waals surface area (Å²) in [5.41, 5.74) is 0.674. The van der Waals surface area contributed by atoms with Gasteiger partial charge < -0.3 is 15.7 Å². The predicted octanol–water partition coefficient (Wildman–Crippen LogP) is 0.723. The molecule has 7 nitrogen and oxygen atoms in total. The molecule has 1 atom stereocenters. The van der Waals surface area contributed by atoms with Crippen LogP contribution in [0, 0.1) is 0 Å². The van der Waals surface area contributed by atoms with Gasteiger partial charge in [0.15, 0.2) is 11.5 Å². The van der Waals surface area contributed by atoms with Gasteiger partial charge in [0.1, 0.15) is 5.65 Å². The number of aromatic nitrogens is 2. The Balaban J connectivity index is 1.85. The molecule has 1 unspecified atom stereocenters. The molecule has 0 aliphatic carbocycles. The fraction of sp³-hybridized carbons (Fsp3) is 0.308. The van der Waals surface area contributed by atoms with E-state index in [4.69, 9.17) is 0 Å². The minimum absolute atomic E-state index is 0.0222. The van der Waals surface area contributed by atoms with Gasteiger partial charge in [-0.15, -0.1) is 0 Å². The quantitative estimate of drug-likeness (QED) is 0.763. The van der Waals surface area contributed by atoms with Gasteiger partial charge in [0.05, 0.1) is 0 Å². The number of carbonyl (C=O) groups excluding carboxylic acids is 1. The highest BCUT2D eigenvalue weighted by Gasteiger charge is 2.23. The Bertz CT molecular complexity index is 679. The van der Waals surface area contributed by atoms with Crippen LogP contribution in [0.25, 0.3) is 5.65 Å². The zero-order valence-corrected chi connectivity index (χ0v) is 10.7. The number of nitrogens with one attached hydrogen (secondary N) is 2. The number of hydrogen-bond acceptors (Lipinski definition) is 4. The first kappa shape index (κ1) is 12.5. The molecular formula is C13H14N4O3. The van der Waals surface area contributed by atoms with Crippen LogP contribution in [-0.4, -0.2) is 39.0 Å². The number of fused-ring (bicyclic) bond motifs is 1. The average Bonchev–Trinajstić information content (AvgIpc) is 2.99. The number of amides is 1. The molecule has 0 saturated carbocycles. The molecule has 1 aliphatic rings. The highest BCUT2D eigenvalue weighted by atomic mass is 16.4. The lowest BCUT2D eigenvalue weighted by Crippen LogP contribution is -2.32. The van der Waals surface area contributed by atoms with E-state index in [1.165, 1.54) is 4.40 Å². The van der Waals surface area contributed by atoms with Gasteiger partial charge in [0.25, 0.3) is 0 Å². The van der Waals surface area contributed by atoms with Crippen molar-refractivity contribution in [1.82, 2.24) is 14.7 Å². The van der Waals surface area contributed by atoms with Crippen LogP contribution in [0.1, 0.15) is 23.3 Å². The van der Waals surface area contributed by atoms with Crippen LogP contribution in [-0.2, 0) is 4.79 Å². The molecule has 0 spiro atoms. The molecule has 2 aromatic rings. The highest BCUT2D eigenvalue weighted by Crippen LogP contribution is 2.18. The molecule has 20 heavy (non-hydrogen) atoms. The molecule has 0 aromatic carbocycles. The van der Waals surface area contributed by atoms with Crippen LogP contribution in [0.5, 0.6) is 0 Å². The van der Waals surface area contributed by atoms with Crippen LogP contribution in [0.15, 0.2) is 24.4 Å². The molecule has 104 valence electrons. The number of carbonyl (C=O) groups is 2. The Morgan fingerprint density at radius 2 is 2.40 bits per heavy atom. The van der Waals surface area contributed by atoms with Gasteiger partial charge in [-0.1, -0.05) is 6.07 Å². The Hall–Kier alpha value is -2.57. The van der Waals surface area contributed by atoms with Gasteiger partial charge in [-0.05, 0) is 18.6 Å². The van der Waals surface area contributed by atoms with Gasteiger partial charge in [-0.3, -0.25) is 9.20 Å². The smallest absolute Gasteiger partial charge is 0.356 e. The molecule has 2 aromatic heterocycles. The van der Waals surface area contributed by atoms with Crippen molar-refractivity contribution < 1.29 is 14.7 Å². The fourth-order valence-corrected chi connectivity index (χ4v) is 2.37. The van der Waals surface area contributed by atoms with Crippen molar-refractivity contribution in [2.75, 3.05) is 11.9 Å². The van der Waals surface area contributed by atoms with Gasteiger partial charge in [-0.25, -0.2) is 9.78 Å². The number of carboxylic acids is 1. The van der Waals surface area contributed by atoms with Crippen molar-refractivity contribution in [3.8, 4) is 0 Å². The van der Waals surface area contributed by atoms with Crippen LogP contribution in [0.3, 0.4) is 0 Å². The summed E-state index contributed by atoms with van der Waals surface area (Å²) in [4.78, 5) is 26.8. The van der Waals surface area contributed by atoms with Crippen molar-refractivity contribution in [3.05, 3.63) is 30.1 Å². The first-order chi connectivity index (χ1) is 9.65. The zero-order chi connectivity index (χ0) is 14.1. The average molecular weight is 274 g/mol. The maximum atomic E-state index is 11.4.